The zero-order valence-electron chi connectivity index (χ0n) is 17.4. The average molecular weight is 522 g/mol. The van der Waals surface area contributed by atoms with Gasteiger partial charge in [0.05, 0.1) is 16.4 Å². The number of halogens is 3. The van der Waals surface area contributed by atoms with Gasteiger partial charge in [-0.3, -0.25) is 10.2 Å². The van der Waals surface area contributed by atoms with Crippen molar-refractivity contribution in [3.63, 3.8) is 0 Å². The number of rotatable bonds is 8. The molecule has 3 rings (SSSR count). The molecule has 0 aromatic heterocycles. The van der Waals surface area contributed by atoms with E-state index in [-0.39, 0.29) is 6.61 Å². The molecule has 2 N–H and O–H groups in total. The van der Waals surface area contributed by atoms with Crippen LogP contribution in [-0.4, -0.2) is 23.3 Å². The predicted molar refractivity (Wildman–Crippen MR) is 138 cm³/mol. The normalized spacial score (nSPS) is 11.8. The van der Waals surface area contributed by atoms with E-state index in [1.807, 2.05) is 42.5 Å². The maximum absolute atomic E-state index is 12.2. The zero-order valence-corrected chi connectivity index (χ0v) is 20.5. The Bertz CT molecular complexity index is 1160. The summed E-state index contributed by atoms with van der Waals surface area (Å²) in [6.07, 6.45) is 0. The summed E-state index contributed by atoms with van der Waals surface area (Å²) in [5, 5.41) is 10.6. The number of nitrogens with one attached hydrogen (secondary N) is 2. The molecule has 0 atom stereocenters. The van der Waals surface area contributed by atoms with Crippen LogP contribution in [0.4, 0.5) is 5.69 Å². The number of hydrogen-bond donors (Lipinski definition) is 2. The van der Waals surface area contributed by atoms with Crippen molar-refractivity contribution in [1.82, 2.24) is 5.43 Å². The van der Waals surface area contributed by atoms with Crippen molar-refractivity contribution in [1.29, 1.82) is 0 Å². The molecule has 0 saturated heterocycles. The van der Waals surface area contributed by atoms with Gasteiger partial charge in [-0.2, -0.15) is 10.2 Å². The summed E-state index contributed by atoms with van der Waals surface area (Å²) in [6, 6.07) is 21.6. The Labute approximate surface area is 211 Å². The van der Waals surface area contributed by atoms with Crippen molar-refractivity contribution < 1.29 is 9.53 Å². The van der Waals surface area contributed by atoms with Crippen LogP contribution in [0.3, 0.4) is 0 Å². The zero-order chi connectivity index (χ0) is 23.6. The molecule has 0 aliphatic carbocycles. The van der Waals surface area contributed by atoms with E-state index in [1.54, 1.807) is 31.2 Å². The van der Waals surface area contributed by atoms with Crippen LogP contribution in [0.15, 0.2) is 87.9 Å². The number of nitrogens with zero attached hydrogens (tertiary/aromatic N) is 2. The fourth-order valence-corrected chi connectivity index (χ4v) is 3.77. The van der Waals surface area contributed by atoms with Crippen LogP contribution in [-0.2, 0) is 4.79 Å². The fraction of sp³-hybridized carbons (Fsp3) is 0.0870. The lowest BCUT2D eigenvalue weighted by Gasteiger charge is -2.09. The van der Waals surface area contributed by atoms with Gasteiger partial charge in [-0.15, -0.1) is 0 Å². The molecule has 0 unspecified atom stereocenters. The first-order chi connectivity index (χ1) is 15.9. The molecule has 0 bridgehead atoms. The summed E-state index contributed by atoms with van der Waals surface area (Å²) >= 11 is 19.2. The molecule has 0 aliphatic heterocycles. The van der Waals surface area contributed by atoms with Crippen LogP contribution >= 0.6 is 46.6 Å². The van der Waals surface area contributed by atoms with E-state index >= 15 is 0 Å². The Morgan fingerprint density at radius 1 is 0.939 bits per heavy atom. The van der Waals surface area contributed by atoms with Crippen LogP contribution in [0.25, 0.3) is 0 Å². The molecule has 0 fully saturated rings. The molecule has 0 spiro atoms. The van der Waals surface area contributed by atoms with Gasteiger partial charge in [-0.05, 0) is 61.5 Å². The largest absolute Gasteiger partial charge is 0.482 e. The van der Waals surface area contributed by atoms with Gasteiger partial charge in [0, 0.05) is 14.9 Å². The highest BCUT2D eigenvalue weighted by Crippen LogP contribution is 2.27. The SMILES string of the molecule is CC(=N/NC(=O)COc1ccc(Cl)cc1Cl)/C(=N\Nc1ccc(Cl)cc1)Sc1ccccc1. The van der Waals surface area contributed by atoms with Crippen molar-refractivity contribution in [3.05, 3.63) is 87.9 Å². The molecule has 3 aromatic rings. The van der Waals surface area contributed by atoms with E-state index in [1.165, 1.54) is 17.8 Å². The number of hydrogen-bond acceptors (Lipinski definition) is 6. The van der Waals surface area contributed by atoms with Crippen molar-refractivity contribution >= 4 is 68.9 Å². The van der Waals surface area contributed by atoms with Crippen LogP contribution in [0, 0.1) is 0 Å². The summed E-state index contributed by atoms with van der Waals surface area (Å²) < 4.78 is 5.43. The van der Waals surface area contributed by atoms with E-state index in [0.29, 0.717) is 31.6 Å². The number of amides is 1. The molecular formula is C23H19Cl3N4O2S. The Morgan fingerprint density at radius 3 is 2.33 bits per heavy atom. The molecule has 0 heterocycles. The lowest BCUT2D eigenvalue weighted by Crippen LogP contribution is -2.26. The third kappa shape index (κ3) is 8.29. The molecule has 0 aliphatic rings. The van der Waals surface area contributed by atoms with Gasteiger partial charge < -0.3 is 4.74 Å². The highest BCUT2D eigenvalue weighted by atomic mass is 35.5. The molecule has 3 aromatic carbocycles. The predicted octanol–water partition coefficient (Wildman–Crippen LogP) is 6.74. The number of thioether (sulfide) groups is 1. The first-order valence-electron chi connectivity index (χ1n) is 9.64. The second-order valence-electron chi connectivity index (χ2n) is 6.55. The summed E-state index contributed by atoms with van der Waals surface area (Å²) in [5.74, 6) is -0.0962. The second kappa shape index (κ2) is 12.5. The standard InChI is InChI=1S/C23H19Cl3N4O2S/c1-15(27-29-22(31)14-32-21-12-9-17(25)13-20(21)26)23(33-19-5-3-2-4-6-19)30-28-18-10-7-16(24)8-11-18/h2-13,28H,14H2,1H3,(H,29,31)/b27-15-,30-23+. The van der Waals surface area contributed by atoms with E-state index in [9.17, 15) is 4.79 Å². The fourth-order valence-electron chi connectivity index (χ4n) is 2.38. The smallest absolute Gasteiger partial charge is 0.277 e. The highest BCUT2D eigenvalue weighted by molar-refractivity contribution is 8.15. The Hall–Kier alpha value is -2.71. The third-order valence-electron chi connectivity index (χ3n) is 4.00. The lowest BCUT2D eigenvalue weighted by molar-refractivity contribution is -0.123. The van der Waals surface area contributed by atoms with Crippen molar-refractivity contribution in [3.8, 4) is 5.75 Å². The van der Waals surface area contributed by atoms with Crippen LogP contribution < -0.4 is 15.6 Å². The summed E-state index contributed by atoms with van der Waals surface area (Å²) in [5.41, 5.74) is 6.72. The van der Waals surface area contributed by atoms with Crippen LogP contribution in [0.1, 0.15) is 6.92 Å². The number of anilines is 1. The van der Waals surface area contributed by atoms with E-state index in [2.05, 4.69) is 21.1 Å². The van der Waals surface area contributed by atoms with Gasteiger partial charge in [0.25, 0.3) is 5.91 Å². The number of benzene rings is 3. The van der Waals surface area contributed by atoms with Gasteiger partial charge in [0.1, 0.15) is 10.8 Å². The lowest BCUT2D eigenvalue weighted by atomic mass is 10.3. The topological polar surface area (TPSA) is 75.1 Å². The first-order valence-corrected chi connectivity index (χ1v) is 11.6. The molecule has 0 saturated carbocycles. The summed E-state index contributed by atoms with van der Waals surface area (Å²) in [4.78, 5) is 13.2. The monoisotopic (exact) mass is 520 g/mol. The number of carbonyl (C=O) groups is 1. The number of carbonyl (C=O) groups excluding carboxylic acids is 1. The second-order valence-corrected chi connectivity index (χ2v) is 8.89. The van der Waals surface area contributed by atoms with E-state index in [4.69, 9.17) is 39.5 Å². The summed E-state index contributed by atoms with van der Waals surface area (Å²) in [6.45, 7) is 1.48. The Balaban J connectivity index is 1.66. The van der Waals surface area contributed by atoms with Crippen molar-refractivity contribution in [2.24, 2.45) is 10.2 Å². The quantitative estimate of drug-likeness (QED) is 0.149. The number of ether oxygens (including phenoxy) is 1. The minimum Gasteiger partial charge on any atom is -0.482 e. The first kappa shape index (κ1) is 24.9. The van der Waals surface area contributed by atoms with Crippen molar-refractivity contribution in [2.75, 3.05) is 12.0 Å². The maximum Gasteiger partial charge on any atom is 0.277 e. The Kier molecular flexibility index (Phi) is 9.45. The highest BCUT2D eigenvalue weighted by Gasteiger charge is 2.10. The van der Waals surface area contributed by atoms with Crippen LogP contribution in [0.2, 0.25) is 15.1 Å². The van der Waals surface area contributed by atoms with Gasteiger partial charge in [0.2, 0.25) is 0 Å². The molecule has 170 valence electrons. The van der Waals surface area contributed by atoms with Gasteiger partial charge in [0.15, 0.2) is 6.61 Å². The van der Waals surface area contributed by atoms with E-state index < -0.39 is 5.91 Å². The van der Waals surface area contributed by atoms with E-state index in [0.717, 1.165) is 10.6 Å². The molecule has 10 heteroatoms. The van der Waals surface area contributed by atoms with Gasteiger partial charge >= 0.3 is 0 Å². The minimum atomic E-state index is -0.449. The maximum atomic E-state index is 12.2. The molecule has 33 heavy (non-hydrogen) atoms. The molecular weight excluding hydrogens is 503 g/mol. The summed E-state index contributed by atoms with van der Waals surface area (Å²) in [7, 11) is 0. The minimum absolute atomic E-state index is 0.264. The molecule has 6 nitrogen and oxygen atoms in total. The van der Waals surface area contributed by atoms with Crippen molar-refractivity contribution in [2.45, 2.75) is 11.8 Å². The number of hydrazone groups is 2. The third-order valence-corrected chi connectivity index (χ3v) is 5.87. The van der Waals surface area contributed by atoms with Gasteiger partial charge in [-0.25, -0.2) is 5.43 Å². The molecule has 1 amide bonds. The molecule has 0 radical (unpaired) electrons. The average Bonchev–Trinajstić information content (AvgIpc) is 2.81. The van der Waals surface area contributed by atoms with Gasteiger partial charge in [-0.1, -0.05) is 64.8 Å². The van der Waals surface area contributed by atoms with Crippen LogP contribution in [0.5, 0.6) is 5.75 Å². The Morgan fingerprint density at radius 2 is 1.64 bits per heavy atom.